The molecule has 0 unspecified atom stereocenters. The summed E-state index contributed by atoms with van der Waals surface area (Å²) < 4.78 is 1.13. The molecule has 1 amide bonds. The van der Waals surface area contributed by atoms with Gasteiger partial charge in [0.25, 0.3) is 11.5 Å². The molecule has 1 N–H and O–H groups in total. The van der Waals surface area contributed by atoms with Crippen molar-refractivity contribution in [3.8, 4) is 0 Å². The first kappa shape index (κ1) is 18.1. The lowest BCUT2D eigenvalue weighted by Crippen LogP contribution is -2.27. The first-order chi connectivity index (χ1) is 12.4. The molecule has 0 spiro atoms. The lowest BCUT2D eigenvalue weighted by atomic mass is 10.1. The SMILES string of the molecule is C/C(=N/NC(=O)c1nn(C)c(=O)c2ccccc12)c1ccc(Cl)c(Cl)c1. The molecule has 1 heterocycles. The average molecular weight is 389 g/mol. The fraction of sp³-hybridized carbons (Fsp3) is 0.111. The molecule has 0 radical (unpaired) electrons. The van der Waals surface area contributed by atoms with Gasteiger partial charge in [-0.3, -0.25) is 9.59 Å². The summed E-state index contributed by atoms with van der Waals surface area (Å²) in [6.45, 7) is 1.73. The summed E-state index contributed by atoms with van der Waals surface area (Å²) in [7, 11) is 1.50. The summed E-state index contributed by atoms with van der Waals surface area (Å²) >= 11 is 11.9. The number of hydrazone groups is 1. The standard InChI is InChI=1S/C18H14Cl2N4O2/c1-10(11-7-8-14(19)15(20)9-11)21-22-17(25)16-12-5-3-4-6-13(12)18(26)24(2)23-16/h3-9H,1-2H3,(H,22,25)/b21-10-. The molecule has 0 aliphatic carbocycles. The molecule has 0 aliphatic heterocycles. The van der Waals surface area contributed by atoms with Gasteiger partial charge in [0.05, 0.1) is 21.1 Å². The lowest BCUT2D eigenvalue weighted by molar-refractivity contribution is 0.0949. The van der Waals surface area contributed by atoms with Gasteiger partial charge in [0.15, 0.2) is 5.69 Å². The van der Waals surface area contributed by atoms with Crippen LogP contribution in [-0.2, 0) is 7.05 Å². The largest absolute Gasteiger partial charge is 0.292 e. The number of aryl methyl sites for hydroxylation is 1. The predicted molar refractivity (Wildman–Crippen MR) is 103 cm³/mol. The second kappa shape index (κ2) is 7.27. The second-order valence-electron chi connectivity index (χ2n) is 5.59. The van der Waals surface area contributed by atoms with Crippen molar-refractivity contribution in [3.05, 3.63) is 74.1 Å². The molecule has 6 nitrogen and oxygen atoms in total. The van der Waals surface area contributed by atoms with E-state index < -0.39 is 5.91 Å². The molecule has 2 aromatic carbocycles. The van der Waals surface area contributed by atoms with Crippen molar-refractivity contribution < 1.29 is 4.79 Å². The quantitative estimate of drug-likeness (QED) is 0.551. The van der Waals surface area contributed by atoms with Crippen molar-refractivity contribution in [2.45, 2.75) is 6.92 Å². The normalized spacial score (nSPS) is 11.6. The Morgan fingerprint density at radius 3 is 2.50 bits per heavy atom. The first-order valence-corrected chi connectivity index (χ1v) is 8.40. The van der Waals surface area contributed by atoms with Crippen LogP contribution in [0.25, 0.3) is 10.8 Å². The summed E-state index contributed by atoms with van der Waals surface area (Å²) in [4.78, 5) is 24.7. The van der Waals surface area contributed by atoms with E-state index in [1.165, 1.54) is 7.05 Å². The van der Waals surface area contributed by atoms with Gasteiger partial charge < -0.3 is 0 Å². The maximum absolute atomic E-state index is 12.5. The van der Waals surface area contributed by atoms with Gasteiger partial charge in [-0.05, 0) is 30.7 Å². The summed E-state index contributed by atoms with van der Waals surface area (Å²) in [5.41, 5.74) is 3.58. The Balaban J connectivity index is 1.93. The first-order valence-electron chi connectivity index (χ1n) is 7.64. The highest BCUT2D eigenvalue weighted by Gasteiger charge is 2.15. The van der Waals surface area contributed by atoms with Crippen molar-refractivity contribution in [2.75, 3.05) is 0 Å². The van der Waals surface area contributed by atoms with Crippen LogP contribution in [0.4, 0.5) is 0 Å². The molecular weight excluding hydrogens is 375 g/mol. The number of hydrogen-bond donors (Lipinski definition) is 1. The summed E-state index contributed by atoms with van der Waals surface area (Å²) in [5.74, 6) is -0.517. The number of nitrogens with one attached hydrogen (secondary N) is 1. The maximum Gasteiger partial charge on any atom is 0.292 e. The minimum Gasteiger partial charge on any atom is -0.267 e. The molecule has 26 heavy (non-hydrogen) atoms. The fourth-order valence-electron chi connectivity index (χ4n) is 2.44. The van der Waals surface area contributed by atoms with Crippen LogP contribution < -0.4 is 11.0 Å². The van der Waals surface area contributed by atoms with Crippen molar-refractivity contribution in [2.24, 2.45) is 12.1 Å². The van der Waals surface area contributed by atoms with Crippen molar-refractivity contribution in [1.29, 1.82) is 0 Å². The Morgan fingerprint density at radius 2 is 1.81 bits per heavy atom. The van der Waals surface area contributed by atoms with Gasteiger partial charge in [-0.25, -0.2) is 10.1 Å². The zero-order valence-electron chi connectivity index (χ0n) is 14.0. The minimum absolute atomic E-state index is 0.119. The Bertz CT molecular complexity index is 1110. The van der Waals surface area contributed by atoms with E-state index in [1.54, 1.807) is 49.4 Å². The topological polar surface area (TPSA) is 76.3 Å². The van der Waals surface area contributed by atoms with E-state index in [-0.39, 0.29) is 11.3 Å². The Morgan fingerprint density at radius 1 is 1.12 bits per heavy atom. The molecule has 3 aromatic rings. The molecule has 0 saturated carbocycles. The fourth-order valence-corrected chi connectivity index (χ4v) is 2.74. The van der Waals surface area contributed by atoms with Crippen LogP contribution in [-0.4, -0.2) is 21.4 Å². The number of rotatable bonds is 3. The number of fused-ring (bicyclic) bond motifs is 1. The van der Waals surface area contributed by atoms with E-state index in [0.717, 1.165) is 10.2 Å². The zero-order chi connectivity index (χ0) is 18.8. The van der Waals surface area contributed by atoms with Gasteiger partial charge >= 0.3 is 0 Å². The Kier molecular flexibility index (Phi) is 5.06. The second-order valence-corrected chi connectivity index (χ2v) is 6.40. The highest BCUT2D eigenvalue weighted by Crippen LogP contribution is 2.22. The minimum atomic E-state index is -0.517. The van der Waals surface area contributed by atoms with Gasteiger partial charge in [0.2, 0.25) is 0 Å². The summed E-state index contributed by atoms with van der Waals surface area (Å²) in [6.07, 6.45) is 0. The van der Waals surface area contributed by atoms with Gasteiger partial charge in [-0.2, -0.15) is 10.2 Å². The molecule has 0 aliphatic rings. The van der Waals surface area contributed by atoms with Crippen molar-refractivity contribution in [1.82, 2.24) is 15.2 Å². The molecule has 3 rings (SSSR count). The maximum atomic E-state index is 12.5. The number of carbonyl (C=O) groups excluding carboxylic acids is 1. The molecule has 0 fully saturated rings. The van der Waals surface area contributed by atoms with E-state index in [1.807, 2.05) is 0 Å². The van der Waals surface area contributed by atoms with Crippen LogP contribution in [0.1, 0.15) is 23.0 Å². The van der Waals surface area contributed by atoms with Crippen LogP contribution >= 0.6 is 23.2 Å². The van der Waals surface area contributed by atoms with Gasteiger partial charge in [0, 0.05) is 12.4 Å². The van der Waals surface area contributed by atoms with Gasteiger partial charge in [0.1, 0.15) is 0 Å². The predicted octanol–water partition coefficient (Wildman–Crippen LogP) is 3.39. The highest BCUT2D eigenvalue weighted by molar-refractivity contribution is 6.42. The van der Waals surface area contributed by atoms with E-state index >= 15 is 0 Å². The highest BCUT2D eigenvalue weighted by atomic mass is 35.5. The summed E-state index contributed by atoms with van der Waals surface area (Å²) in [5, 5.41) is 9.87. The molecule has 132 valence electrons. The number of halogens is 2. The van der Waals surface area contributed by atoms with Crippen LogP contribution in [0.5, 0.6) is 0 Å². The number of amides is 1. The van der Waals surface area contributed by atoms with Crippen molar-refractivity contribution in [3.63, 3.8) is 0 Å². The molecule has 0 bridgehead atoms. The van der Waals surface area contributed by atoms with Crippen LogP contribution in [0.2, 0.25) is 10.0 Å². The van der Waals surface area contributed by atoms with E-state index in [0.29, 0.717) is 26.5 Å². The smallest absolute Gasteiger partial charge is 0.267 e. The van der Waals surface area contributed by atoms with E-state index in [2.05, 4.69) is 15.6 Å². The van der Waals surface area contributed by atoms with Crippen molar-refractivity contribution >= 4 is 45.6 Å². The molecule has 0 saturated heterocycles. The zero-order valence-corrected chi connectivity index (χ0v) is 15.5. The monoisotopic (exact) mass is 388 g/mol. The van der Waals surface area contributed by atoms with E-state index in [9.17, 15) is 9.59 Å². The van der Waals surface area contributed by atoms with Crippen LogP contribution in [0, 0.1) is 0 Å². The average Bonchev–Trinajstić information content (AvgIpc) is 2.64. The molecule has 0 atom stereocenters. The summed E-state index contributed by atoms with van der Waals surface area (Å²) in [6, 6.07) is 11.9. The van der Waals surface area contributed by atoms with Crippen LogP contribution in [0.3, 0.4) is 0 Å². The third kappa shape index (κ3) is 3.47. The Hall–Kier alpha value is -2.70. The third-order valence-electron chi connectivity index (χ3n) is 3.83. The number of hydrogen-bond acceptors (Lipinski definition) is 4. The number of nitrogens with zero attached hydrogens (tertiary/aromatic N) is 3. The Labute approximate surface area is 159 Å². The van der Waals surface area contributed by atoms with Gasteiger partial charge in [-0.15, -0.1) is 0 Å². The lowest BCUT2D eigenvalue weighted by Gasteiger charge is -2.07. The molecule has 8 heteroatoms. The third-order valence-corrected chi connectivity index (χ3v) is 4.57. The number of aromatic nitrogens is 2. The van der Waals surface area contributed by atoms with Crippen LogP contribution in [0.15, 0.2) is 52.4 Å². The molecular formula is C18H14Cl2N4O2. The van der Waals surface area contributed by atoms with E-state index in [4.69, 9.17) is 23.2 Å². The van der Waals surface area contributed by atoms with Gasteiger partial charge in [-0.1, -0.05) is 47.5 Å². The number of benzene rings is 2. The number of carbonyl (C=O) groups is 1. The molecule has 1 aromatic heterocycles.